The maximum Gasteiger partial charge on any atom is 0.135 e. The van der Waals surface area contributed by atoms with E-state index in [0.29, 0.717) is 5.02 Å². The molecule has 3 heteroatoms. The second-order valence-electron chi connectivity index (χ2n) is 4.98. The van der Waals surface area contributed by atoms with Crippen LogP contribution in [0.4, 0.5) is 0 Å². The molecule has 1 heterocycles. The van der Waals surface area contributed by atoms with Crippen molar-refractivity contribution in [2.75, 3.05) is 0 Å². The van der Waals surface area contributed by atoms with Gasteiger partial charge >= 0.3 is 0 Å². The first kappa shape index (κ1) is 13.1. The molecule has 0 N–H and O–H groups in total. The van der Waals surface area contributed by atoms with E-state index in [-0.39, 0.29) is 6.10 Å². The predicted octanol–water partition coefficient (Wildman–Crippen LogP) is 5.54. The van der Waals surface area contributed by atoms with E-state index in [9.17, 15) is 0 Å². The fourth-order valence-electron chi connectivity index (χ4n) is 2.13. The molecule has 3 rings (SSSR count). The highest BCUT2D eigenvalue weighted by Gasteiger charge is 2.07. The standard InChI is InChI=1S/C17H15ClO2/c1-11(2)19-15-6-3-12(4-7-15)17-10-13-9-14(18)5-8-16(13)20-17/h3-11H,1-2H3. The Bertz CT molecular complexity index is 726. The second kappa shape index (κ2) is 5.22. The molecule has 0 unspecified atom stereocenters. The molecule has 0 bridgehead atoms. The van der Waals surface area contributed by atoms with Gasteiger partial charge in [0.1, 0.15) is 17.1 Å². The SMILES string of the molecule is CC(C)Oc1ccc(-c2cc3cc(Cl)ccc3o2)cc1. The van der Waals surface area contributed by atoms with Crippen molar-refractivity contribution in [1.29, 1.82) is 0 Å². The van der Waals surface area contributed by atoms with Crippen molar-refractivity contribution >= 4 is 22.6 Å². The van der Waals surface area contributed by atoms with Crippen LogP contribution >= 0.6 is 11.6 Å². The van der Waals surface area contributed by atoms with Crippen LogP contribution in [0.5, 0.6) is 5.75 Å². The van der Waals surface area contributed by atoms with Gasteiger partial charge in [-0.1, -0.05) is 11.6 Å². The number of benzene rings is 2. The topological polar surface area (TPSA) is 22.4 Å². The molecule has 20 heavy (non-hydrogen) atoms. The zero-order chi connectivity index (χ0) is 14.1. The molecule has 0 atom stereocenters. The number of halogens is 1. The molecule has 0 aliphatic rings. The van der Waals surface area contributed by atoms with Crippen molar-refractivity contribution in [2.45, 2.75) is 20.0 Å². The van der Waals surface area contributed by atoms with Crippen molar-refractivity contribution < 1.29 is 9.15 Å². The first-order valence-corrected chi connectivity index (χ1v) is 6.96. The van der Waals surface area contributed by atoms with Gasteiger partial charge in [0.2, 0.25) is 0 Å². The lowest BCUT2D eigenvalue weighted by Crippen LogP contribution is -2.05. The Hall–Kier alpha value is -1.93. The summed E-state index contributed by atoms with van der Waals surface area (Å²) in [6.45, 7) is 4.02. The molecule has 0 spiro atoms. The average Bonchev–Trinajstić information content (AvgIpc) is 2.81. The van der Waals surface area contributed by atoms with Crippen LogP contribution < -0.4 is 4.74 Å². The van der Waals surface area contributed by atoms with E-state index < -0.39 is 0 Å². The van der Waals surface area contributed by atoms with Crippen LogP contribution in [0.3, 0.4) is 0 Å². The Morgan fingerprint density at radius 3 is 2.45 bits per heavy atom. The molecule has 102 valence electrons. The minimum Gasteiger partial charge on any atom is -0.491 e. The minimum atomic E-state index is 0.175. The largest absolute Gasteiger partial charge is 0.491 e. The summed E-state index contributed by atoms with van der Waals surface area (Å²) in [5, 5.41) is 1.72. The molecule has 0 aliphatic heterocycles. The highest BCUT2D eigenvalue weighted by Crippen LogP contribution is 2.30. The molecule has 2 aromatic carbocycles. The highest BCUT2D eigenvalue weighted by atomic mass is 35.5. The van der Waals surface area contributed by atoms with Crippen LogP contribution in [0.2, 0.25) is 5.02 Å². The van der Waals surface area contributed by atoms with E-state index >= 15 is 0 Å². The van der Waals surface area contributed by atoms with E-state index in [1.54, 1.807) is 0 Å². The quantitative estimate of drug-likeness (QED) is 0.630. The fraction of sp³-hybridized carbons (Fsp3) is 0.176. The van der Waals surface area contributed by atoms with Gasteiger partial charge in [0.25, 0.3) is 0 Å². The van der Waals surface area contributed by atoms with Crippen LogP contribution in [0.15, 0.2) is 52.9 Å². The van der Waals surface area contributed by atoms with Crippen molar-refractivity contribution in [3.8, 4) is 17.1 Å². The molecule has 0 saturated carbocycles. The number of hydrogen-bond donors (Lipinski definition) is 0. The van der Waals surface area contributed by atoms with E-state index in [0.717, 1.165) is 28.0 Å². The van der Waals surface area contributed by atoms with Gasteiger partial charge in [-0.25, -0.2) is 0 Å². The normalized spacial score (nSPS) is 11.2. The van der Waals surface area contributed by atoms with Crippen LogP contribution in [-0.4, -0.2) is 6.10 Å². The molecule has 0 amide bonds. The predicted molar refractivity (Wildman–Crippen MR) is 82.4 cm³/mol. The summed E-state index contributed by atoms with van der Waals surface area (Å²) in [6, 6.07) is 15.5. The summed E-state index contributed by atoms with van der Waals surface area (Å²) in [5.74, 6) is 1.70. The van der Waals surface area contributed by atoms with Crippen LogP contribution in [0, 0.1) is 0 Å². The maximum atomic E-state index is 5.98. The summed E-state index contributed by atoms with van der Waals surface area (Å²) in [4.78, 5) is 0. The van der Waals surface area contributed by atoms with E-state index in [1.807, 2.05) is 62.4 Å². The zero-order valence-electron chi connectivity index (χ0n) is 11.4. The third-order valence-electron chi connectivity index (χ3n) is 2.99. The monoisotopic (exact) mass is 286 g/mol. The van der Waals surface area contributed by atoms with Gasteiger partial charge in [-0.3, -0.25) is 0 Å². The fourth-order valence-corrected chi connectivity index (χ4v) is 2.31. The van der Waals surface area contributed by atoms with Gasteiger partial charge in [0.05, 0.1) is 6.10 Å². The van der Waals surface area contributed by atoms with Crippen molar-refractivity contribution in [1.82, 2.24) is 0 Å². The zero-order valence-corrected chi connectivity index (χ0v) is 12.1. The number of rotatable bonds is 3. The summed E-state index contributed by atoms with van der Waals surface area (Å²) in [7, 11) is 0. The van der Waals surface area contributed by atoms with E-state index in [2.05, 4.69) is 0 Å². The number of ether oxygens (including phenoxy) is 1. The third kappa shape index (κ3) is 2.66. The van der Waals surface area contributed by atoms with Crippen LogP contribution in [0.1, 0.15) is 13.8 Å². The molecular formula is C17H15ClO2. The molecule has 1 aromatic heterocycles. The molecule has 2 nitrogen and oxygen atoms in total. The Morgan fingerprint density at radius 1 is 1.00 bits per heavy atom. The molecule has 0 aliphatic carbocycles. The average molecular weight is 287 g/mol. The Morgan fingerprint density at radius 2 is 1.75 bits per heavy atom. The van der Waals surface area contributed by atoms with Gasteiger partial charge in [-0.05, 0) is 62.4 Å². The van der Waals surface area contributed by atoms with Crippen molar-refractivity contribution in [2.24, 2.45) is 0 Å². The third-order valence-corrected chi connectivity index (χ3v) is 3.22. The molecule has 0 radical (unpaired) electrons. The summed E-state index contributed by atoms with van der Waals surface area (Å²) >= 11 is 5.98. The maximum absolute atomic E-state index is 5.98. The van der Waals surface area contributed by atoms with E-state index in [1.165, 1.54) is 0 Å². The Labute approximate surface area is 122 Å². The van der Waals surface area contributed by atoms with Crippen LogP contribution in [0.25, 0.3) is 22.3 Å². The summed E-state index contributed by atoms with van der Waals surface area (Å²) < 4.78 is 11.5. The number of hydrogen-bond acceptors (Lipinski definition) is 2. The van der Waals surface area contributed by atoms with E-state index in [4.69, 9.17) is 20.8 Å². The smallest absolute Gasteiger partial charge is 0.135 e. The first-order chi connectivity index (χ1) is 9.61. The molecular weight excluding hydrogens is 272 g/mol. The van der Waals surface area contributed by atoms with Gasteiger partial charge < -0.3 is 9.15 Å². The number of fused-ring (bicyclic) bond motifs is 1. The highest BCUT2D eigenvalue weighted by molar-refractivity contribution is 6.31. The number of furan rings is 1. The van der Waals surface area contributed by atoms with Gasteiger partial charge in [-0.15, -0.1) is 0 Å². The summed E-state index contributed by atoms with van der Waals surface area (Å²) in [5.41, 5.74) is 1.86. The van der Waals surface area contributed by atoms with Crippen LogP contribution in [-0.2, 0) is 0 Å². The van der Waals surface area contributed by atoms with Gasteiger partial charge in [0, 0.05) is 16.0 Å². The lowest BCUT2D eigenvalue weighted by atomic mass is 10.1. The lowest BCUT2D eigenvalue weighted by molar-refractivity contribution is 0.242. The second-order valence-corrected chi connectivity index (χ2v) is 5.42. The van der Waals surface area contributed by atoms with Gasteiger partial charge in [-0.2, -0.15) is 0 Å². The molecule has 0 saturated heterocycles. The molecule has 3 aromatic rings. The molecule has 0 fully saturated rings. The van der Waals surface area contributed by atoms with Gasteiger partial charge in [0.15, 0.2) is 0 Å². The Kier molecular flexibility index (Phi) is 3.41. The van der Waals surface area contributed by atoms with Crippen molar-refractivity contribution in [3.63, 3.8) is 0 Å². The van der Waals surface area contributed by atoms with Crippen molar-refractivity contribution in [3.05, 3.63) is 53.6 Å². The first-order valence-electron chi connectivity index (χ1n) is 6.58. The minimum absolute atomic E-state index is 0.175. The lowest BCUT2D eigenvalue weighted by Gasteiger charge is -2.09. The summed E-state index contributed by atoms with van der Waals surface area (Å²) in [6.07, 6.45) is 0.175. The Balaban J connectivity index is 1.94.